The monoisotopic (exact) mass is 412 g/mol. The maximum absolute atomic E-state index is 8.95. The molecule has 0 saturated carbocycles. The number of unbranched alkanes of at least 4 members (excludes halogenated alkanes) is 4. The molecule has 0 atom stereocenters. The average molecular weight is 413 g/mol. The van der Waals surface area contributed by atoms with E-state index in [0.717, 1.165) is 4.85 Å². The Bertz CT molecular complexity index is 580. The van der Waals surface area contributed by atoms with Crippen molar-refractivity contribution in [1.82, 2.24) is 15.2 Å². The van der Waals surface area contributed by atoms with Crippen LogP contribution in [-0.4, -0.2) is 51.0 Å². The lowest BCUT2D eigenvalue weighted by Crippen LogP contribution is -3.00. The van der Waals surface area contributed by atoms with Crippen LogP contribution in [0.3, 0.4) is 0 Å². The summed E-state index contributed by atoms with van der Waals surface area (Å²) in [5.41, 5.74) is 1.33. The molecule has 0 aliphatic heterocycles. The Kier molecular flexibility index (Phi) is 14.8. The number of hydrogen-bond donors (Lipinski definition) is 1. The molecule has 2 rings (SSSR count). The first kappa shape index (κ1) is 26.7. The summed E-state index contributed by atoms with van der Waals surface area (Å²) in [4.78, 5) is 0.759. The second-order valence-electron chi connectivity index (χ2n) is 7.62. The van der Waals surface area contributed by atoms with Gasteiger partial charge in [0.2, 0.25) is 0 Å². The predicted octanol–water partition coefficient (Wildman–Crippen LogP) is 2.68. The number of rotatable bonds is 12. The van der Waals surface area contributed by atoms with Crippen molar-refractivity contribution in [2.75, 3.05) is 26.2 Å². The summed E-state index contributed by atoms with van der Waals surface area (Å²) in [6, 6.07) is 7.19. The van der Waals surface area contributed by atoms with Gasteiger partial charge < -0.3 is 22.1 Å². The lowest BCUT2D eigenvalue weighted by Gasteiger charge is -2.39. The quantitative estimate of drug-likeness (QED) is 0.430. The summed E-state index contributed by atoms with van der Waals surface area (Å²) in [5, 5.41) is 16.1. The normalized spacial score (nSPS) is 11.0. The molecular weight excluding hydrogens is 372 g/mol. The average Bonchev–Trinajstić information content (AvgIpc) is 3.09. The molecule has 0 spiro atoms. The van der Waals surface area contributed by atoms with Crippen LogP contribution in [0.15, 0.2) is 24.3 Å². The van der Waals surface area contributed by atoms with Gasteiger partial charge in [-0.05, 0) is 43.0 Å². The number of benzene rings is 1. The molecule has 0 amide bonds. The summed E-state index contributed by atoms with van der Waals surface area (Å²) in [6.45, 7) is 15.0. The fourth-order valence-corrected chi connectivity index (χ4v) is 3.50. The molecule has 0 unspecified atom stereocenters. The van der Waals surface area contributed by atoms with Crippen molar-refractivity contribution in [1.29, 1.82) is 0 Å². The van der Waals surface area contributed by atoms with Gasteiger partial charge in [-0.15, -0.1) is 5.10 Å². The van der Waals surface area contributed by atoms with E-state index in [9.17, 15) is 0 Å². The Labute approximate surface area is 178 Å². The van der Waals surface area contributed by atoms with E-state index >= 15 is 0 Å². The Morgan fingerprint density at radius 2 is 1.21 bits per heavy atom. The highest BCUT2D eigenvalue weighted by Gasteiger charge is 2.24. The van der Waals surface area contributed by atoms with Gasteiger partial charge in [-0.1, -0.05) is 70.4 Å². The zero-order chi connectivity index (χ0) is 20.0. The summed E-state index contributed by atoms with van der Waals surface area (Å²) in [5.74, 6) is 0. The van der Waals surface area contributed by atoms with Crippen LogP contribution in [0.5, 0.6) is 0 Å². The molecule has 1 aromatic heterocycles. The van der Waals surface area contributed by atoms with Crippen LogP contribution in [0, 0.1) is 0 Å². The summed E-state index contributed by atoms with van der Waals surface area (Å²) in [6.07, 6.45) is 11.1. The molecule has 2 aromatic rings. The van der Waals surface area contributed by atoms with Gasteiger partial charge in [0.05, 0.1) is 26.2 Å². The first-order valence-corrected chi connectivity index (χ1v) is 11.0. The molecule has 6 heteroatoms. The highest BCUT2D eigenvalue weighted by molar-refractivity contribution is 5.73. The van der Waals surface area contributed by atoms with Crippen LogP contribution >= 0.6 is 0 Å². The molecule has 28 heavy (non-hydrogen) atoms. The molecule has 162 valence electrons. The van der Waals surface area contributed by atoms with E-state index in [4.69, 9.17) is 5.21 Å². The van der Waals surface area contributed by atoms with Crippen molar-refractivity contribution in [3.05, 3.63) is 24.3 Å². The highest BCUT2D eigenvalue weighted by Crippen LogP contribution is 2.16. The van der Waals surface area contributed by atoms with E-state index in [1.807, 2.05) is 12.1 Å². The van der Waals surface area contributed by atoms with Gasteiger partial charge in [0.25, 0.3) is 0 Å². The highest BCUT2D eigenvalue weighted by atomic mass is 35.5. The van der Waals surface area contributed by atoms with Gasteiger partial charge in [0.15, 0.2) is 0 Å². The fourth-order valence-electron chi connectivity index (χ4n) is 3.50. The lowest BCUT2D eigenvalue weighted by atomic mass is 10.1. The molecule has 0 radical (unpaired) electrons. The molecule has 0 saturated heterocycles. The third-order valence-corrected chi connectivity index (χ3v) is 5.28. The van der Waals surface area contributed by atoms with Crippen LogP contribution in [0.2, 0.25) is 0 Å². The zero-order valence-electron chi connectivity index (χ0n) is 18.4. The summed E-state index contributed by atoms with van der Waals surface area (Å²) >= 11 is 0. The van der Waals surface area contributed by atoms with Crippen molar-refractivity contribution in [3.8, 4) is 0 Å². The topological polar surface area (TPSA) is 50.9 Å². The van der Waals surface area contributed by atoms with Gasteiger partial charge >= 0.3 is 0 Å². The number of halogens is 1. The number of quaternary nitrogens is 1. The second kappa shape index (κ2) is 15.6. The molecule has 0 aliphatic rings. The number of fused-ring (bicyclic) bond motifs is 1. The van der Waals surface area contributed by atoms with E-state index in [1.54, 1.807) is 12.1 Å². The largest absolute Gasteiger partial charge is 1.00 e. The number of hydrogen-bond acceptors (Lipinski definition) is 3. The van der Waals surface area contributed by atoms with Crippen molar-refractivity contribution in [3.63, 3.8) is 0 Å². The lowest BCUT2D eigenvalue weighted by molar-refractivity contribution is -0.929. The maximum Gasteiger partial charge on any atom is 0.130 e. The smallest absolute Gasteiger partial charge is 0.130 e. The minimum Gasteiger partial charge on any atom is -1.00 e. The SMILES string of the molecule is CCCC[N+](CCCC)(CCCC)CCCC.On1nnc2ccccc21.[Cl-]. The molecule has 1 aromatic carbocycles. The van der Waals surface area contributed by atoms with Crippen molar-refractivity contribution < 1.29 is 22.1 Å². The summed E-state index contributed by atoms with van der Waals surface area (Å²) in [7, 11) is 0. The van der Waals surface area contributed by atoms with Crippen molar-refractivity contribution in [2.24, 2.45) is 0 Å². The first-order valence-electron chi connectivity index (χ1n) is 11.0. The van der Waals surface area contributed by atoms with Gasteiger partial charge in [-0.25, -0.2) is 0 Å². The molecule has 1 heterocycles. The third-order valence-electron chi connectivity index (χ3n) is 5.28. The first-order chi connectivity index (χ1) is 13.1. The van der Waals surface area contributed by atoms with E-state index in [-0.39, 0.29) is 12.4 Å². The Morgan fingerprint density at radius 1 is 0.786 bits per heavy atom. The minimum atomic E-state index is 0. The van der Waals surface area contributed by atoms with Crippen LogP contribution in [-0.2, 0) is 0 Å². The fraction of sp³-hybridized carbons (Fsp3) is 0.727. The van der Waals surface area contributed by atoms with E-state index in [1.165, 1.54) is 82.0 Å². The molecule has 0 aliphatic carbocycles. The van der Waals surface area contributed by atoms with Crippen LogP contribution in [0.25, 0.3) is 11.0 Å². The molecular formula is C22H41ClN4O. The molecule has 5 nitrogen and oxygen atoms in total. The second-order valence-corrected chi connectivity index (χ2v) is 7.62. The van der Waals surface area contributed by atoms with Crippen LogP contribution < -0.4 is 12.4 Å². The minimum absolute atomic E-state index is 0. The van der Waals surface area contributed by atoms with Crippen LogP contribution in [0.1, 0.15) is 79.1 Å². The third kappa shape index (κ3) is 9.24. The number of aromatic nitrogens is 3. The van der Waals surface area contributed by atoms with E-state index in [2.05, 4.69) is 38.0 Å². The maximum atomic E-state index is 8.95. The molecule has 0 bridgehead atoms. The zero-order valence-corrected chi connectivity index (χ0v) is 19.2. The van der Waals surface area contributed by atoms with Gasteiger partial charge in [-0.2, -0.15) is 0 Å². The predicted molar refractivity (Wildman–Crippen MR) is 114 cm³/mol. The van der Waals surface area contributed by atoms with E-state index in [0.29, 0.717) is 11.0 Å². The molecule has 1 N–H and O–H groups in total. The number of para-hydroxylation sites is 1. The standard InChI is InChI=1S/C16H36N.C6H5N3O.ClH/c1-5-9-13-17(14-10-6-2,15-11-7-3)16-12-8-4;10-9-6-4-2-1-3-5(6)7-8-9;/h5-16H2,1-4H3;1-4,10H;1H/q+1;;/p-1. The van der Waals surface area contributed by atoms with Gasteiger partial charge in [-0.3, -0.25) is 0 Å². The van der Waals surface area contributed by atoms with Crippen LogP contribution in [0.4, 0.5) is 0 Å². The molecule has 0 fully saturated rings. The van der Waals surface area contributed by atoms with Crippen molar-refractivity contribution in [2.45, 2.75) is 79.1 Å². The van der Waals surface area contributed by atoms with E-state index < -0.39 is 0 Å². The van der Waals surface area contributed by atoms with Gasteiger partial charge in [0, 0.05) is 0 Å². The summed E-state index contributed by atoms with van der Waals surface area (Å²) < 4.78 is 1.42. The Balaban J connectivity index is 0.000000558. The van der Waals surface area contributed by atoms with Crippen molar-refractivity contribution >= 4 is 11.0 Å². The Hall–Kier alpha value is -1.33. The number of nitrogens with zero attached hydrogens (tertiary/aromatic N) is 4. The Morgan fingerprint density at radius 3 is 1.61 bits per heavy atom. The van der Waals surface area contributed by atoms with Gasteiger partial charge in [0.1, 0.15) is 11.0 Å².